The number of hydrogen-bond acceptors (Lipinski definition) is 3. The van der Waals surface area contributed by atoms with Crippen molar-refractivity contribution in [3.05, 3.63) is 65.0 Å². The van der Waals surface area contributed by atoms with E-state index in [1.165, 1.54) is 0 Å². The normalized spacial score (nSPS) is 9.80. The summed E-state index contributed by atoms with van der Waals surface area (Å²) in [6.45, 7) is 0.0927. The Labute approximate surface area is 114 Å². The van der Waals surface area contributed by atoms with Crippen LogP contribution in [-0.2, 0) is 6.61 Å². The van der Waals surface area contributed by atoms with E-state index in [0.717, 1.165) is 23.8 Å². The topological polar surface area (TPSA) is 70.3 Å². The predicted molar refractivity (Wildman–Crippen MR) is 68.8 cm³/mol. The number of hydrogen-bond donors (Lipinski definition) is 1. The highest BCUT2D eigenvalue weighted by Gasteiger charge is 2.12. The molecule has 1 N–H and O–H groups in total. The van der Waals surface area contributed by atoms with Gasteiger partial charge in [-0.3, -0.25) is 0 Å². The molecule has 0 radical (unpaired) electrons. The smallest absolute Gasteiger partial charge is 0.339 e. The first kappa shape index (κ1) is 13.6. The Hall–Kier alpha value is -2.87. The fraction of sp³-hybridized carbons (Fsp3) is 0.0667. The van der Waals surface area contributed by atoms with Crippen molar-refractivity contribution in [3.63, 3.8) is 0 Å². The van der Waals surface area contributed by atoms with Crippen molar-refractivity contribution < 1.29 is 19.0 Å². The molecule has 0 heterocycles. The van der Waals surface area contributed by atoms with E-state index in [9.17, 15) is 9.18 Å². The summed E-state index contributed by atoms with van der Waals surface area (Å²) in [6.07, 6.45) is 0. The van der Waals surface area contributed by atoms with E-state index in [1.807, 2.05) is 6.07 Å². The molecule has 0 saturated carbocycles. The standard InChI is InChI=1S/C15H10FNO3/c16-12-5-6-13(15(18)19)14(7-12)20-9-11-3-1-10(8-17)2-4-11/h1-7H,9H2,(H,18,19). The molecule has 0 aliphatic rings. The summed E-state index contributed by atoms with van der Waals surface area (Å²) in [5, 5.41) is 17.7. The van der Waals surface area contributed by atoms with E-state index in [-0.39, 0.29) is 17.9 Å². The molecule has 2 rings (SSSR count). The Morgan fingerprint density at radius 1 is 1.25 bits per heavy atom. The SMILES string of the molecule is N#Cc1ccc(COc2cc(F)ccc2C(=O)O)cc1. The van der Waals surface area contributed by atoms with Gasteiger partial charge in [0.2, 0.25) is 0 Å². The average molecular weight is 271 g/mol. The molecule has 4 nitrogen and oxygen atoms in total. The Bertz CT molecular complexity index is 675. The van der Waals surface area contributed by atoms with Gasteiger partial charge in [-0.25, -0.2) is 9.18 Å². The highest BCUT2D eigenvalue weighted by molar-refractivity contribution is 5.90. The second-order valence-corrected chi connectivity index (χ2v) is 4.04. The molecular weight excluding hydrogens is 261 g/mol. The molecule has 0 aliphatic heterocycles. The van der Waals surface area contributed by atoms with Gasteiger partial charge < -0.3 is 9.84 Å². The molecule has 2 aromatic carbocycles. The third kappa shape index (κ3) is 3.12. The first-order valence-electron chi connectivity index (χ1n) is 5.75. The van der Waals surface area contributed by atoms with Crippen LogP contribution in [-0.4, -0.2) is 11.1 Å². The quantitative estimate of drug-likeness (QED) is 0.928. The molecular formula is C15H10FNO3. The molecule has 5 heteroatoms. The van der Waals surface area contributed by atoms with Gasteiger partial charge in [-0.1, -0.05) is 12.1 Å². The lowest BCUT2D eigenvalue weighted by atomic mass is 10.1. The third-order valence-corrected chi connectivity index (χ3v) is 2.65. The summed E-state index contributed by atoms with van der Waals surface area (Å²) in [5.41, 5.74) is 1.18. The van der Waals surface area contributed by atoms with Crippen LogP contribution in [0.25, 0.3) is 0 Å². The van der Waals surface area contributed by atoms with Crippen molar-refractivity contribution in [2.24, 2.45) is 0 Å². The molecule has 0 atom stereocenters. The first-order valence-corrected chi connectivity index (χ1v) is 5.75. The Morgan fingerprint density at radius 2 is 1.95 bits per heavy atom. The van der Waals surface area contributed by atoms with Gasteiger partial charge in [0.1, 0.15) is 23.7 Å². The largest absolute Gasteiger partial charge is 0.488 e. The van der Waals surface area contributed by atoms with E-state index in [0.29, 0.717) is 5.56 Å². The number of ether oxygens (including phenoxy) is 1. The van der Waals surface area contributed by atoms with E-state index in [1.54, 1.807) is 24.3 Å². The number of nitrogens with zero attached hydrogens (tertiary/aromatic N) is 1. The molecule has 0 fully saturated rings. The summed E-state index contributed by atoms with van der Waals surface area (Å²) in [7, 11) is 0. The second-order valence-electron chi connectivity index (χ2n) is 4.04. The zero-order valence-electron chi connectivity index (χ0n) is 10.3. The van der Waals surface area contributed by atoms with Gasteiger partial charge in [0, 0.05) is 6.07 Å². The molecule has 0 unspecified atom stereocenters. The van der Waals surface area contributed by atoms with Crippen molar-refractivity contribution in [3.8, 4) is 11.8 Å². The van der Waals surface area contributed by atoms with Crippen LogP contribution in [0, 0.1) is 17.1 Å². The number of benzene rings is 2. The minimum atomic E-state index is -1.18. The Morgan fingerprint density at radius 3 is 2.55 bits per heavy atom. The molecule has 20 heavy (non-hydrogen) atoms. The van der Waals surface area contributed by atoms with Crippen LogP contribution in [0.15, 0.2) is 42.5 Å². The Kier molecular flexibility index (Phi) is 3.96. The van der Waals surface area contributed by atoms with Gasteiger partial charge in [0.05, 0.1) is 11.6 Å². The zero-order chi connectivity index (χ0) is 14.5. The van der Waals surface area contributed by atoms with Crippen molar-refractivity contribution in [1.82, 2.24) is 0 Å². The highest BCUT2D eigenvalue weighted by atomic mass is 19.1. The van der Waals surface area contributed by atoms with Crippen LogP contribution >= 0.6 is 0 Å². The lowest BCUT2D eigenvalue weighted by Gasteiger charge is -2.09. The number of rotatable bonds is 4. The highest BCUT2D eigenvalue weighted by Crippen LogP contribution is 2.21. The van der Waals surface area contributed by atoms with Gasteiger partial charge in [-0.15, -0.1) is 0 Å². The summed E-state index contributed by atoms with van der Waals surface area (Å²) in [5.74, 6) is -1.77. The summed E-state index contributed by atoms with van der Waals surface area (Å²) in [4.78, 5) is 11.0. The van der Waals surface area contributed by atoms with Crippen LogP contribution in [0.5, 0.6) is 5.75 Å². The molecule has 0 saturated heterocycles. The lowest BCUT2D eigenvalue weighted by molar-refractivity contribution is 0.0691. The molecule has 100 valence electrons. The summed E-state index contributed by atoms with van der Waals surface area (Å²) >= 11 is 0. The van der Waals surface area contributed by atoms with Crippen LogP contribution < -0.4 is 4.74 Å². The summed E-state index contributed by atoms with van der Waals surface area (Å²) < 4.78 is 18.5. The van der Waals surface area contributed by atoms with Gasteiger partial charge in [-0.05, 0) is 29.8 Å². The lowest BCUT2D eigenvalue weighted by Crippen LogP contribution is -2.04. The zero-order valence-corrected chi connectivity index (χ0v) is 10.3. The number of nitriles is 1. The fourth-order valence-electron chi connectivity index (χ4n) is 1.63. The maximum Gasteiger partial charge on any atom is 0.339 e. The minimum Gasteiger partial charge on any atom is -0.488 e. The van der Waals surface area contributed by atoms with Gasteiger partial charge in [0.15, 0.2) is 0 Å². The molecule has 0 spiro atoms. The van der Waals surface area contributed by atoms with Crippen LogP contribution in [0.2, 0.25) is 0 Å². The van der Waals surface area contributed by atoms with Crippen LogP contribution in [0.4, 0.5) is 4.39 Å². The van der Waals surface area contributed by atoms with Gasteiger partial charge in [-0.2, -0.15) is 5.26 Å². The minimum absolute atomic E-state index is 0.0261. The number of aromatic carboxylic acids is 1. The maximum atomic E-state index is 13.1. The number of halogens is 1. The van der Waals surface area contributed by atoms with E-state index >= 15 is 0 Å². The van der Waals surface area contributed by atoms with E-state index in [2.05, 4.69) is 0 Å². The number of carboxylic acid groups (broad SMARTS) is 1. The van der Waals surface area contributed by atoms with E-state index in [4.69, 9.17) is 15.1 Å². The van der Waals surface area contributed by atoms with E-state index < -0.39 is 11.8 Å². The van der Waals surface area contributed by atoms with Gasteiger partial charge >= 0.3 is 5.97 Å². The average Bonchev–Trinajstić information content (AvgIpc) is 2.45. The first-order chi connectivity index (χ1) is 9.60. The molecule has 2 aromatic rings. The summed E-state index contributed by atoms with van der Waals surface area (Å²) in [6, 6.07) is 11.9. The molecule has 0 aromatic heterocycles. The number of carboxylic acids is 1. The second kappa shape index (κ2) is 5.85. The van der Waals surface area contributed by atoms with Crippen molar-refractivity contribution in [2.75, 3.05) is 0 Å². The Balaban J connectivity index is 2.15. The fourth-order valence-corrected chi connectivity index (χ4v) is 1.63. The maximum absolute atomic E-state index is 13.1. The molecule has 0 bridgehead atoms. The molecule has 0 amide bonds. The van der Waals surface area contributed by atoms with Gasteiger partial charge in [0.25, 0.3) is 0 Å². The monoisotopic (exact) mass is 271 g/mol. The molecule has 0 aliphatic carbocycles. The predicted octanol–water partition coefficient (Wildman–Crippen LogP) is 2.97. The van der Waals surface area contributed by atoms with Crippen molar-refractivity contribution >= 4 is 5.97 Å². The van der Waals surface area contributed by atoms with Crippen LogP contribution in [0.1, 0.15) is 21.5 Å². The number of carbonyl (C=O) groups is 1. The van der Waals surface area contributed by atoms with Crippen LogP contribution in [0.3, 0.4) is 0 Å². The van der Waals surface area contributed by atoms with Crippen molar-refractivity contribution in [1.29, 1.82) is 5.26 Å². The third-order valence-electron chi connectivity index (χ3n) is 2.65. The van der Waals surface area contributed by atoms with Crippen molar-refractivity contribution in [2.45, 2.75) is 6.61 Å².